The minimum absolute atomic E-state index is 0.164. The van der Waals surface area contributed by atoms with Gasteiger partial charge in [-0.15, -0.1) is 0 Å². The van der Waals surface area contributed by atoms with Crippen LogP contribution >= 0.6 is 11.3 Å². The van der Waals surface area contributed by atoms with Crippen molar-refractivity contribution in [2.45, 2.75) is 19.6 Å². The molecule has 2 N–H and O–H groups in total. The standard InChI is InChI=1S/C17H23FN4S/c1-19-17(21-10-14-6-7-23-12-14)20-9-13-4-5-16(18)15(8-13)11-22(2)3/h4-8,12H,9-11H2,1-3H3,(H2,19,20,21). The van der Waals surface area contributed by atoms with Crippen LogP contribution in [0.1, 0.15) is 16.7 Å². The highest BCUT2D eigenvalue weighted by Gasteiger charge is 2.06. The van der Waals surface area contributed by atoms with Gasteiger partial charge in [0, 0.05) is 32.2 Å². The van der Waals surface area contributed by atoms with E-state index in [9.17, 15) is 4.39 Å². The fourth-order valence-corrected chi connectivity index (χ4v) is 2.85. The van der Waals surface area contributed by atoms with Gasteiger partial charge >= 0.3 is 0 Å². The van der Waals surface area contributed by atoms with E-state index >= 15 is 0 Å². The molecular weight excluding hydrogens is 311 g/mol. The Labute approximate surface area is 141 Å². The Morgan fingerprint density at radius 3 is 2.52 bits per heavy atom. The molecule has 6 heteroatoms. The molecule has 0 atom stereocenters. The lowest BCUT2D eigenvalue weighted by Crippen LogP contribution is -2.36. The molecule has 4 nitrogen and oxygen atoms in total. The topological polar surface area (TPSA) is 39.7 Å². The lowest BCUT2D eigenvalue weighted by Gasteiger charge is -2.14. The van der Waals surface area contributed by atoms with Gasteiger partial charge in [0.25, 0.3) is 0 Å². The van der Waals surface area contributed by atoms with Crippen molar-refractivity contribution < 1.29 is 4.39 Å². The monoisotopic (exact) mass is 334 g/mol. The molecule has 0 unspecified atom stereocenters. The molecule has 2 aromatic rings. The van der Waals surface area contributed by atoms with E-state index in [1.807, 2.05) is 25.1 Å². The second kappa shape index (κ2) is 8.64. The van der Waals surface area contributed by atoms with Gasteiger partial charge in [-0.3, -0.25) is 4.99 Å². The van der Waals surface area contributed by atoms with Crippen molar-refractivity contribution >= 4 is 17.3 Å². The van der Waals surface area contributed by atoms with Crippen molar-refractivity contribution in [1.29, 1.82) is 0 Å². The first-order valence-electron chi connectivity index (χ1n) is 7.46. The lowest BCUT2D eigenvalue weighted by atomic mass is 10.1. The molecule has 0 saturated carbocycles. The van der Waals surface area contributed by atoms with Crippen LogP contribution in [0.3, 0.4) is 0 Å². The Balaban J connectivity index is 1.90. The molecule has 1 heterocycles. The smallest absolute Gasteiger partial charge is 0.191 e. The van der Waals surface area contributed by atoms with Gasteiger partial charge in [0.2, 0.25) is 0 Å². The Hall–Kier alpha value is -1.92. The number of hydrogen-bond donors (Lipinski definition) is 2. The summed E-state index contributed by atoms with van der Waals surface area (Å²) < 4.78 is 13.8. The van der Waals surface area contributed by atoms with Crippen LogP contribution in [-0.4, -0.2) is 32.0 Å². The van der Waals surface area contributed by atoms with Gasteiger partial charge in [-0.25, -0.2) is 4.39 Å². The second-order valence-electron chi connectivity index (χ2n) is 5.57. The van der Waals surface area contributed by atoms with Crippen molar-refractivity contribution in [3.8, 4) is 0 Å². The minimum atomic E-state index is -0.164. The van der Waals surface area contributed by atoms with Gasteiger partial charge in [0.1, 0.15) is 5.82 Å². The summed E-state index contributed by atoms with van der Waals surface area (Å²) in [6.07, 6.45) is 0. The number of thiophene rings is 1. The Kier molecular flexibility index (Phi) is 6.55. The third kappa shape index (κ3) is 5.65. The highest BCUT2D eigenvalue weighted by molar-refractivity contribution is 7.07. The average Bonchev–Trinajstić information content (AvgIpc) is 3.03. The largest absolute Gasteiger partial charge is 0.352 e. The molecule has 0 bridgehead atoms. The van der Waals surface area contributed by atoms with E-state index in [1.54, 1.807) is 24.5 Å². The number of benzene rings is 1. The van der Waals surface area contributed by atoms with Crippen molar-refractivity contribution in [1.82, 2.24) is 15.5 Å². The molecule has 0 radical (unpaired) electrons. The van der Waals surface area contributed by atoms with Crippen molar-refractivity contribution in [3.05, 3.63) is 57.5 Å². The quantitative estimate of drug-likeness (QED) is 0.630. The molecule has 2 rings (SSSR count). The Morgan fingerprint density at radius 1 is 1.17 bits per heavy atom. The molecule has 0 aliphatic rings. The summed E-state index contributed by atoms with van der Waals surface area (Å²) in [5.74, 6) is 0.567. The zero-order chi connectivity index (χ0) is 16.7. The maximum Gasteiger partial charge on any atom is 0.191 e. The van der Waals surface area contributed by atoms with E-state index in [0.717, 1.165) is 18.1 Å². The molecule has 0 saturated heterocycles. The first kappa shape index (κ1) is 17.4. The zero-order valence-electron chi connectivity index (χ0n) is 13.8. The van der Waals surface area contributed by atoms with Crippen LogP contribution in [-0.2, 0) is 19.6 Å². The fraction of sp³-hybridized carbons (Fsp3) is 0.353. The predicted octanol–water partition coefficient (Wildman–Crippen LogP) is 2.81. The summed E-state index contributed by atoms with van der Waals surface area (Å²) in [5, 5.41) is 10.7. The van der Waals surface area contributed by atoms with Crippen LogP contribution in [0, 0.1) is 5.82 Å². The maximum absolute atomic E-state index is 13.8. The summed E-state index contributed by atoms with van der Waals surface area (Å²) in [7, 11) is 5.60. The number of guanidine groups is 1. The number of aliphatic imine (C=N–C) groups is 1. The van der Waals surface area contributed by atoms with Gasteiger partial charge in [0.05, 0.1) is 0 Å². The summed E-state index contributed by atoms with van der Waals surface area (Å²) >= 11 is 1.68. The zero-order valence-corrected chi connectivity index (χ0v) is 14.6. The molecule has 1 aromatic carbocycles. The maximum atomic E-state index is 13.8. The molecular formula is C17H23FN4S. The normalized spacial score (nSPS) is 11.8. The Morgan fingerprint density at radius 2 is 1.91 bits per heavy atom. The highest BCUT2D eigenvalue weighted by atomic mass is 32.1. The van der Waals surface area contributed by atoms with E-state index < -0.39 is 0 Å². The van der Waals surface area contributed by atoms with Gasteiger partial charge in [-0.2, -0.15) is 11.3 Å². The van der Waals surface area contributed by atoms with Gasteiger partial charge < -0.3 is 15.5 Å². The molecule has 23 heavy (non-hydrogen) atoms. The molecule has 124 valence electrons. The summed E-state index contributed by atoms with van der Waals surface area (Å²) in [6.45, 7) is 1.92. The Bertz CT molecular complexity index is 638. The SMILES string of the molecule is CN=C(NCc1ccsc1)NCc1ccc(F)c(CN(C)C)c1. The predicted molar refractivity (Wildman–Crippen MR) is 95.1 cm³/mol. The highest BCUT2D eigenvalue weighted by Crippen LogP contribution is 2.12. The van der Waals surface area contributed by atoms with Crippen molar-refractivity contribution in [2.24, 2.45) is 4.99 Å². The van der Waals surface area contributed by atoms with Crippen LogP contribution in [0.2, 0.25) is 0 Å². The van der Waals surface area contributed by atoms with Crippen LogP contribution in [0.5, 0.6) is 0 Å². The third-order valence-electron chi connectivity index (χ3n) is 3.32. The first-order valence-corrected chi connectivity index (χ1v) is 8.40. The second-order valence-corrected chi connectivity index (χ2v) is 6.35. The van der Waals surface area contributed by atoms with Gasteiger partial charge in [-0.05, 0) is 54.2 Å². The minimum Gasteiger partial charge on any atom is -0.352 e. The molecule has 0 fully saturated rings. The average molecular weight is 334 g/mol. The van der Waals surface area contributed by atoms with Gasteiger partial charge in [0.15, 0.2) is 5.96 Å². The third-order valence-corrected chi connectivity index (χ3v) is 4.05. The van der Waals surface area contributed by atoms with E-state index in [2.05, 4.69) is 32.5 Å². The number of nitrogens with one attached hydrogen (secondary N) is 2. The van der Waals surface area contributed by atoms with Crippen LogP contribution in [0.4, 0.5) is 4.39 Å². The van der Waals surface area contributed by atoms with Crippen LogP contribution in [0.25, 0.3) is 0 Å². The lowest BCUT2D eigenvalue weighted by molar-refractivity contribution is 0.392. The fourth-order valence-electron chi connectivity index (χ4n) is 2.19. The summed E-state index contributed by atoms with van der Waals surface area (Å²) in [4.78, 5) is 6.16. The van der Waals surface area contributed by atoms with E-state index in [4.69, 9.17) is 0 Å². The van der Waals surface area contributed by atoms with E-state index in [0.29, 0.717) is 18.7 Å². The molecule has 0 amide bonds. The number of hydrogen-bond acceptors (Lipinski definition) is 3. The number of halogens is 1. The van der Waals surface area contributed by atoms with Crippen LogP contribution < -0.4 is 10.6 Å². The number of nitrogens with zero attached hydrogens (tertiary/aromatic N) is 2. The van der Waals surface area contributed by atoms with Gasteiger partial charge in [-0.1, -0.05) is 6.07 Å². The summed E-state index contributed by atoms with van der Waals surface area (Å²) in [5.41, 5.74) is 2.96. The molecule has 0 aliphatic heterocycles. The summed E-state index contributed by atoms with van der Waals surface area (Å²) in [6, 6.07) is 7.30. The van der Waals surface area contributed by atoms with Crippen molar-refractivity contribution in [2.75, 3.05) is 21.1 Å². The van der Waals surface area contributed by atoms with E-state index in [-0.39, 0.29) is 5.82 Å². The molecule has 1 aromatic heterocycles. The first-order chi connectivity index (χ1) is 11.1. The molecule has 0 spiro atoms. The number of rotatable bonds is 6. The van der Waals surface area contributed by atoms with Crippen LogP contribution in [0.15, 0.2) is 40.0 Å². The van der Waals surface area contributed by atoms with Crippen molar-refractivity contribution in [3.63, 3.8) is 0 Å². The van der Waals surface area contributed by atoms with E-state index in [1.165, 1.54) is 11.6 Å². The molecule has 0 aliphatic carbocycles.